The van der Waals surface area contributed by atoms with E-state index in [1.165, 1.54) is 6.07 Å². The third kappa shape index (κ3) is 3.17. The molecule has 94 valence electrons. The summed E-state index contributed by atoms with van der Waals surface area (Å²) in [7, 11) is 0. The second kappa shape index (κ2) is 5.63. The second-order valence-corrected chi connectivity index (χ2v) is 4.24. The molecule has 0 aliphatic heterocycles. The number of rotatable bonds is 5. The van der Waals surface area contributed by atoms with E-state index < -0.39 is 4.92 Å². The van der Waals surface area contributed by atoms with Gasteiger partial charge in [0.15, 0.2) is 0 Å². The molecule has 1 rings (SSSR count). The molecule has 0 fully saturated rings. The van der Waals surface area contributed by atoms with Crippen LogP contribution in [-0.2, 0) is 0 Å². The van der Waals surface area contributed by atoms with Crippen molar-refractivity contribution in [1.82, 2.24) is 0 Å². The summed E-state index contributed by atoms with van der Waals surface area (Å²) in [4.78, 5) is 12.3. The van der Waals surface area contributed by atoms with Crippen LogP contribution in [0.2, 0.25) is 0 Å². The third-order valence-corrected chi connectivity index (χ3v) is 2.68. The summed E-state index contributed by atoms with van der Waals surface area (Å²) in [5, 5.41) is 19.8. The Kier molecular flexibility index (Phi) is 4.45. The molecule has 0 radical (unpaired) electrons. The number of anilines is 1. The van der Waals surface area contributed by atoms with Gasteiger partial charge in [0.1, 0.15) is 0 Å². The van der Waals surface area contributed by atoms with Crippen molar-refractivity contribution in [1.29, 1.82) is 0 Å². The monoisotopic (exact) mass is 238 g/mol. The molecule has 1 aromatic rings. The molecule has 17 heavy (non-hydrogen) atoms. The molecule has 5 nitrogen and oxygen atoms in total. The fourth-order valence-corrected chi connectivity index (χ4v) is 1.79. The molecule has 0 spiro atoms. The number of nitro groups is 1. The number of nitro benzene ring substituents is 1. The highest BCUT2D eigenvalue weighted by Gasteiger charge is 2.16. The SMILES string of the molecule is Cc1ccc([N+](=O)[O-])cc1N(CCO)C(C)C. The first-order valence-electron chi connectivity index (χ1n) is 5.60. The van der Waals surface area contributed by atoms with Gasteiger partial charge in [-0.05, 0) is 26.3 Å². The minimum absolute atomic E-state index is 0.0281. The maximum absolute atomic E-state index is 10.8. The minimum atomic E-state index is -0.402. The van der Waals surface area contributed by atoms with E-state index in [4.69, 9.17) is 5.11 Å². The highest BCUT2D eigenvalue weighted by molar-refractivity contribution is 5.59. The largest absolute Gasteiger partial charge is 0.395 e. The molecule has 0 atom stereocenters. The van der Waals surface area contributed by atoms with Gasteiger partial charge in [-0.2, -0.15) is 0 Å². The number of aliphatic hydroxyl groups is 1. The van der Waals surface area contributed by atoms with E-state index in [1.807, 2.05) is 25.7 Å². The van der Waals surface area contributed by atoms with Crippen molar-refractivity contribution in [3.63, 3.8) is 0 Å². The molecule has 1 N–H and O–H groups in total. The fraction of sp³-hybridized carbons (Fsp3) is 0.500. The lowest BCUT2D eigenvalue weighted by Crippen LogP contribution is -2.33. The summed E-state index contributed by atoms with van der Waals surface area (Å²) >= 11 is 0. The quantitative estimate of drug-likeness (QED) is 0.630. The molecule has 0 unspecified atom stereocenters. The van der Waals surface area contributed by atoms with Crippen LogP contribution in [0.3, 0.4) is 0 Å². The van der Waals surface area contributed by atoms with Gasteiger partial charge in [-0.3, -0.25) is 10.1 Å². The summed E-state index contributed by atoms with van der Waals surface area (Å²) in [6.45, 7) is 6.40. The van der Waals surface area contributed by atoms with Crippen LogP contribution in [0.5, 0.6) is 0 Å². The number of aliphatic hydroxyl groups excluding tert-OH is 1. The van der Waals surface area contributed by atoms with Gasteiger partial charge >= 0.3 is 0 Å². The number of hydrogen-bond acceptors (Lipinski definition) is 4. The van der Waals surface area contributed by atoms with Crippen molar-refractivity contribution in [2.45, 2.75) is 26.8 Å². The normalized spacial score (nSPS) is 10.6. The molecule has 0 aliphatic carbocycles. The Morgan fingerprint density at radius 1 is 1.47 bits per heavy atom. The Hall–Kier alpha value is -1.62. The highest BCUT2D eigenvalue weighted by Crippen LogP contribution is 2.26. The van der Waals surface area contributed by atoms with E-state index in [9.17, 15) is 10.1 Å². The van der Waals surface area contributed by atoms with Crippen LogP contribution >= 0.6 is 0 Å². The Balaban J connectivity index is 3.16. The van der Waals surface area contributed by atoms with Crippen LogP contribution in [0.15, 0.2) is 18.2 Å². The summed E-state index contributed by atoms with van der Waals surface area (Å²) in [5.74, 6) is 0. The number of aryl methyl sites for hydroxylation is 1. The fourth-order valence-electron chi connectivity index (χ4n) is 1.79. The first-order chi connectivity index (χ1) is 7.97. The molecule has 1 aromatic carbocycles. The molecule has 0 saturated carbocycles. The molecule has 0 aromatic heterocycles. The maximum atomic E-state index is 10.8. The van der Waals surface area contributed by atoms with Gasteiger partial charge in [0.2, 0.25) is 0 Å². The summed E-state index contributed by atoms with van der Waals surface area (Å²) in [5.41, 5.74) is 1.86. The topological polar surface area (TPSA) is 66.6 Å². The van der Waals surface area contributed by atoms with E-state index >= 15 is 0 Å². The van der Waals surface area contributed by atoms with Crippen molar-refractivity contribution < 1.29 is 10.0 Å². The lowest BCUT2D eigenvalue weighted by molar-refractivity contribution is -0.384. The van der Waals surface area contributed by atoms with E-state index in [0.29, 0.717) is 6.54 Å². The second-order valence-electron chi connectivity index (χ2n) is 4.24. The Morgan fingerprint density at radius 3 is 2.59 bits per heavy atom. The molecular weight excluding hydrogens is 220 g/mol. The van der Waals surface area contributed by atoms with Crippen molar-refractivity contribution in [2.75, 3.05) is 18.1 Å². The lowest BCUT2D eigenvalue weighted by atomic mass is 10.1. The number of nitrogens with zero attached hydrogens (tertiary/aromatic N) is 2. The molecule has 0 amide bonds. The van der Waals surface area contributed by atoms with Gasteiger partial charge in [0.25, 0.3) is 5.69 Å². The van der Waals surface area contributed by atoms with E-state index in [2.05, 4.69) is 0 Å². The lowest BCUT2D eigenvalue weighted by Gasteiger charge is -2.29. The Bertz CT molecular complexity index is 405. The van der Waals surface area contributed by atoms with Crippen molar-refractivity contribution in [3.8, 4) is 0 Å². The molecule has 5 heteroatoms. The molecular formula is C12H18N2O3. The Labute approximate surface area is 101 Å². The average molecular weight is 238 g/mol. The summed E-state index contributed by atoms with van der Waals surface area (Å²) in [6.07, 6.45) is 0. The van der Waals surface area contributed by atoms with Crippen LogP contribution in [-0.4, -0.2) is 29.2 Å². The predicted molar refractivity (Wildman–Crippen MR) is 67.4 cm³/mol. The van der Waals surface area contributed by atoms with E-state index in [0.717, 1.165) is 11.3 Å². The van der Waals surface area contributed by atoms with Gasteiger partial charge in [0.05, 0.1) is 11.5 Å². The zero-order chi connectivity index (χ0) is 13.0. The molecule has 0 heterocycles. The zero-order valence-electron chi connectivity index (χ0n) is 10.4. The standard InChI is InChI=1S/C12H18N2O3/c1-9(2)13(6-7-15)12-8-11(14(16)17)5-4-10(12)3/h4-5,8-9,15H,6-7H2,1-3H3. The zero-order valence-corrected chi connectivity index (χ0v) is 10.4. The molecule has 0 bridgehead atoms. The maximum Gasteiger partial charge on any atom is 0.271 e. The predicted octanol–water partition coefficient (Wildman–Crippen LogP) is 2.11. The first kappa shape index (κ1) is 13.4. The van der Waals surface area contributed by atoms with Crippen LogP contribution in [0.1, 0.15) is 19.4 Å². The van der Waals surface area contributed by atoms with Gasteiger partial charge in [-0.15, -0.1) is 0 Å². The Morgan fingerprint density at radius 2 is 2.12 bits per heavy atom. The smallest absolute Gasteiger partial charge is 0.271 e. The summed E-state index contributed by atoms with van der Waals surface area (Å²) in [6, 6.07) is 4.98. The van der Waals surface area contributed by atoms with Gasteiger partial charge in [-0.25, -0.2) is 0 Å². The third-order valence-electron chi connectivity index (χ3n) is 2.68. The van der Waals surface area contributed by atoms with Crippen molar-refractivity contribution in [3.05, 3.63) is 33.9 Å². The van der Waals surface area contributed by atoms with Crippen LogP contribution in [0, 0.1) is 17.0 Å². The highest BCUT2D eigenvalue weighted by atomic mass is 16.6. The van der Waals surface area contributed by atoms with E-state index in [-0.39, 0.29) is 18.3 Å². The first-order valence-corrected chi connectivity index (χ1v) is 5.60. The number of non-ortho nitro benzene ring substituents is 1. The summed E-state index contributed by atoms with van der Waals surface area (Å²) < 4.78 is 0. The minimum Gasteiger partial charge on any atom is -0.395 e. The van der Waals surface area contributed by atoms with Crippen molar-refractivity contribution in [2.24, 2.45) is 0 Å². The van der Waals surface area contributed by atoms with Gasteiger partial charge < -0.3 is 10.0 Å². The van der Waals surface area contributed by atoms with Crippen LogP contribution in [0.25, 0.3) is 0 Å². The van der Waals surface area contributed by atoms with Crippen LogP contribution in [0.4, 0.5) is 11.4 Å². The van der Waals surface area contributed by atoms with Gasteiger partial charge in [-0.1, -0.05) is 6.07 Å². The number of benzene rings is 1. The van der Waals surface area contributed by atoms with E-state index in [1.54, 1.807) is 12.1 Å². The number of hydrogen-bond donors (Lipinski definition) is 1. The van der Waals surface area contributed by atoms with Gasteiger partial charge in [0, 0.05) is 30.4 Å². The average Bonchev–Trinajstić information content (AvgIpc) is 2.26. The molecule has 0 aliphatic rings. The van der Waals surface area contributed by atoms with Crippen molar-refractivity contribution >= 4 is 11.4 Å². The molecule has 0 saturated heterocycles. The van der Waals surface area contributed by atoms with Crippen LogP contribution < -0.4 is 4.90 Å².